The first-order valence-corrected chi connectivity index (χ1v) is 7.41. The summed E-state index contributed by atoms with van der Waals surface area (Å²) in [6.45, 7) is 7.57. The smallest absolute Gasteiger partial charge is 0.133 e. The fourth-order valence-electron chi connectivity index (χ4n) is 2.57. The van der Waals surface area contributed by atoms with E-state index in [0.29, 0.717) is 0 Å². The van der Waals surface area contributed by atoms with Crippen LogP contribution in [0, 0.1) is 0 Å². The number of nitrogens with zero attached hydrogens (tertiary/aromatic N) is 4. The second kappa shape index (κ2) is 7.57. The summed E-state index contributed by atoms with van der Waals surface area (Å²) < 4.78 is 0. The quantitative estimate of drug-likeness (QED) is 0.818. The van der Waals surface area contributed by atoms with Crippen LogP contribution < -0.4 is 10.2 Å². The highest BCUT2D eigenvalue weighted by molar-refractivity contribution is 5.47. The van der Waals surface area contributed by atoms with Gasteiger partial charge in [-0.15, -0.1) is 0 Å². The zero-order valence-corrected chi connectivity index (χ0v) is 13.0. The molecule has 5 heteroatoms. The van der Waals surface area contributed by atoms with E-state index in [1.165, 1.54) is 5.56 Å². The number of likely N-dealkylation sites (N-methyl/N-ethyl adjacent to an activating group) is 1. The van der Waals surface area contributed by atoms with Crippen LogP contribution in [0.3, 0.4) is 0 Å². The summed E-state index contributed by atoms with van der Waals surface area (Å²) in [5.74, 6) is 1.15. The number of nitrogens with one attached hydrogen (secondary N) is 1. The Hall–Kier alpha value is -1.17. The lowest BCUT2D eigenvalue weighted by Crippen LogP contribution is -2.48. The van der Waals surface area contributed by atoms with Crippen LogP contribution in [-0.2, 0) is 6.54 Å². The van der Waals surface area contributed by atoms with Crippen molar-refractivity contribution in [2.75, 3.05) is 65.3 Å². The van der Waals surface area contributed by atoms with Gasteiger partial charge in [-0.2, -0.15) is 0 Å². The Labute approximate surface area is 122 Å². The summed E-state index contributed by atoms with van der Waals surface area (Å²) in [5.41, 5.74) is 1.29. The first-order chi connectivity index (χ1) is 9.70. The van der Waals surface area contributed by atoms with Gasteiger partial charge in [0.25, 0.3) is 0 Å². The minimum Gasteiger partial charge on any atom is -0.354 e. The monoisotopic (exact) mass is 277 g/mol. The van der Waals surface area contributed by atoms with Crippen LogP contribution in [0.1, 0.15) is 5.56 Å². The number of pyridine rings is 1. The van der Waals surface area contributed by atoms with Gasteiger partial charge in [-0.05, 0) is 27.2 Å². The molecule has 5 nitrogen and oxygen atoms in total. The molecule has 0 bridgehead atoms. The van der Waals surface area contributed by atoms with Gasteiger partial charge in [-0.25, -0.2) is 4.98 Å². The van der Waals surface area contributed by atoms with Crippen molar-refractivity contribution in [2.45, 2.75) is 6.54 Å². The maximum atomic E-state index is 4.58. The molecule has 2 rings (SSSR count). The Kier molecular flexibility index (Phi) is 5.76. The zero-order valence-electron chi connectivity index (χ0n) is 13.0. The van der Waals surface area contributed by atoms with Gasteiger partial charge in [0.05, 0.1) is 0 Å². The molecule has 1 aromatic rings. The number of hydrogen-bond donors (Lipinski definition) is 1. The summed E-state index contributed by atoms with van der Waals surface area (Å²) in [4.78, 5) is 11.8. The van der Waals surface area contributed by atoms with Crippen LogP contribution in [0.5, 0.6) is 0 Å². The van der Waals surface area contributed by atoms with Crippen LogP contribution in [-0.4, -0.2) is 75.2 Å². The van der Waals surface area contributed by atoms with Crippen molar-refractivity contribution in [1.82, 2.24) is 20.1 Å². The minimum absolute atomic E-state index is 0.879. The summed E-state index contributed by atoms with van der Waals surface area (Å²) >= 11 is 0. The van der Waals surface area contributed by atoms with E-state index in [-0.39, 0.29) is 0 Å². The van der Waals surface area contributed by atoms with Crippen molar-refractivity contribution in [1.29, 1.82) is 0 Å². The predicted octanol–water partition coefficient (Wildman–Crippen LogP) is 0.485. The average molecular weight is 277 g/mol. The fourth-order valence-corrected chi connectivity index (χ4v) is 2.57. The molecule has 0 atom stereocenters. The topological polar surface area (TPSA) is 34.6 Å². The largest absolute Gasteiger partial charge is 0.354 e. The molecule has 1 saturated heterocycles. The summed E-state index contributed by atoms with van der Waals surface area (Å²) in [7, 11) is 6.25. The SMILES string of the molecule is CNCc1cccnc1N1CCN(CCN(C)C)CC1. The predicted molar refractivity (Wildman–Crippen MR) is 84.2 cm³/mol. The normalized spacial score (nSPS) is 16.9. The van der Waals surface area contributed by atoms with E-state index in [4.69, 9.17) is 0 Å². The van der Waals surface area contributed by atoms with Gasteiger partial charge in [0.2, 0.25) is 0 Å². The van der Waals surface area contributed by atoms with Gasteiger partial charge in [0.1, 0.15) is 5.82 Å². The molecule has 0 aromatic carbocycles. The molecule has 0 spiro atoms. The maximum Gasteiger partial charge on any atom is 0.133 e. The molecule has 0 radical (unpaired) electrons. The molecule has 1 aromatic heterocycles. The first kappa shape index (κ1) is 15.2. The molecule has 2 heterocycles. The second-order valence-corrected chi connectivity index (χ2v) is 5.65. The van der Waals surface area contributed by atoms with Gasteiger partial charge in [0.15, 0.2) is 0 Å². The number of hydrogen-bond acceptors (Lipinski definition) is 5. The average Bonchev–Trinajstić information content (AvgIpc) is 2.47. The summed E-state index contributed by atoms with van der Waals surface area (Å²) in [5, 5.41) is 3.22. The Morgan fingerprint density at radius 2 is 2.00 bits per heavy atom. The molecule has 0 aliphatic carbocycles. The lowest BCUT2D eigenvalue weighted by atomic mass is 10.2. The fraction of sp³-hybridized carbons (Fsp3) is 0.667. The Morgan fingerprint density at radius 3 is 2.65 bits per heavy atom. The Balaban J connectivity index is 1.90. The van der Waals surface area contributed by atoms with E-state index in [0.717, 1.165) is 51.6 Å². The zero-order chi connectivity index (χ0) is 14.4. The molecule has 1 fully saturated rings. The van der Waals surface area contributed by atoms with Crippen molar-refractivity contribution in [3.63, 3.8) is 0 Å². The van der Waals surface area contributed by atoms with Gasteiger partial charge in [-0.1, -0.05) is 6.07 Å². The van der Waals surface area contributed by atoms with E-state index in [2.05, 4.69) is 45.2 Å². The van der Waals surface area contributed by atoms with Crippen molar-refractivity contribution < 1.29 is 0 Å². The molecule has 20 heavy (non-hydrogen) atoms. The highest BCUT2D eigenvalue weighted by atomic mass is 15.3. The van der Waals surface area contributed by atoms with Crippen molar-refractivity contribution in [3.05, 3.63) is 23.9 Å². The standard InChI is InChI=1S/C15H27N5/c1-16-13-14-5-4-6-17-15(14)20-11-9-19(10-12-20)8-7-18(2)3/h4-6,16H,7-13H2,1-3H3. The minimum atomic E-state index is 0.879. The highest BCUT2D eigenvalue weighted by Gasteiger charge is 2.19. The molecule has 112 valence electrons. The number of aromatic nitrogens is 1. The Morgan fingerprint density at radius 1 is 1.25 bits per heavy atom. The third kappa shape index (κ3) is 4.16. The van der Waals surface area contributed by atoms with Gasteiger partial charge >= 0.3 is 0 Å². The lowest BCUT2D eigenvalue weighted by molar-refractivity contribution is 0.229. The van der Waals surface area contributed by atoms with Crippen LogP contribution in [0.25, 0.3) is 0 Å². The number of anilines is 1. The second-order valence-electron chi connectivity index (χ2n) is 5.65. The number of rotatable bonds is 6. The highest BCUT2D eigenvalue weighted by Crippen LogP contribution is 2.18. The third-order valence-electron chi connectivity index (χ3n) is 3.77. The van der Waals surface area contributed by atoms with Crippen molar-refractivity contribution in [3.8, 4) is 0 Å². The molecular weight excluding hydrogens is 250 g/mol. The Bertz CT molecular complexity index is 399. The molecule has 1 N–H and O–H groups in total. The molecule has 0 amide bonds. The third-order valence-corrected chi connectivity index (χ3v) is 3.77. The van der Waals surface area contributed by atoms with E-state index in [1.807, 2.05) is 19.3 Å². The van der Waals surface area contributed by atoms with Crippen LogP contribution in [0.2, 0.25) is 0 Å². The van der Waals surface area contributed by atoms with Gasteiger partial charge in [-0.3, -0.25) is 4.90 Å². The molecular formula is C15H27N5. The van der Waals surface area contributed by atoms with Gasteiger partial charge < -0.3 is 15.1 Å². The van der Waals surface area contributed by atoms with Crippen molar-refractivity contribution in [2.24, 2.45) is 0 Å². The molecule has 1 aliphatic rings. The van der Waals surface area contributed by atoms with E-state index < -0.39 is 0 Å². The summed E-state index contributed by atoms with van der Waals surface area (Å²) in [6.07, 6.45) is 1.90. The van der Waals surface area contributed by atoms with E-state index in [9.17, 15) is 0 Å². The maximum absolute atomic E-state index is 4.58. The summed E-state index contributed by atoms with van der Waals surface area (Å²) in [6, 6.07) is 4.18. The van der Waals surface area contributed by atoms with Crippen LogP contribution >= 0.6 is 0 Å². The number of piperazine rings is 1. The van der Waals surface area contributed by atoms with E-state index in [1.54, 1.807) is 0 Å². The molecule has 0 unspecified atom stereocenters. The van der Waals surface area contributed by atoms with Crippen molar-refractivity contribution >= 4 is 5.82 Å². The molecule has 0 saturated carbocycles. The van der Waals surface area contributed by atoms with Crippen LogP contribution in [0.4, 0.5) is 5.82 Å². The van der Waals surface area contributed by atoms with E-state index >= 15 is 0 Å². The van der Waals surface area contributed by atoms with Crippen LogP contribution in [0.15, 0.2) is 18.3 Å². The lowest BCUT2D eigenvalue weighted by Gasteiger charge is -2.36. The first-order valence-electron chi connectivity index (χ1n) is 7.41. The molecule has 1 aliphatic heterocycles. The van der Waals surface area contributed by atoms with Gasteiger partial charge in [0, 0.05) is 57.6 Å².